The summed E-state index contributed by atoms with van der Waals surface area (Å²) in [6.45, 7) is 2.28. The van der Waals surface area contributed by atoms with Gasteiger partial charge in [0.25, 0.3) is 0 Å². The van der Waals surface area contributed by atoms with Crippen molar-refractivity contribution in [2.75, 3.05) is 18.6 Å². The summed E-state index contributed by atoms with van der Waals surface area (Å²) < 4.78 is 7.33. The third-order valence-corrected chi connectivity index (χ3v) is 5.66. The van der Waals surface area contributed by atoms with Crippen molar-refractivity contribution in [2.24, 2.45) is 13.0 Å². The minimum absolute atomic E-state index is 0.0858. The van der Waals surface area contributed by atoms with E-state index in [2.05, 4.69) is 10.3 Å². The molecule has 2 amide bonds. The lowest BCUT2D eigenvalue weighted by Gasteiger charge is -2.22. The van der Waals surface area contributed by atoms with E-state index >= 15 is 0 Å². The van der Waals surface area contributed by atoms with Gasteiger partial charge in [-0.1, -0.05) is 36.4 Å². The van der Waals surface area contributed by atoms with Crippen LogP contribution in [0.1, 0.15) is 29.4 Å². The maximum atomic E-state index is 13.2. The second-order valence-corrected chi connectivity index (χ2v) is 7.83. The number of anilines is 1. The van der Waals surface area contributed by atoms with E-state index in [1.54, 1.807) is 18.2 Å². The summed E-state index contributed by atoms with van der Waals surface area (Å²) in [6.07, 6.45) is 3.72. The van der Waals surface area contributed by atoms with Crippen molar-refractivity contribution in [1.82, 2.24) is 14.9 Å². The fourth-order valence-corrected chi connectivity index (χ4v) is 3.98. The number of carbonyl (C=O) groups is 2. The molecule has 7 heteroatoms. The average Bonchev–Trinajstić information content (AvgIpc) is 3.38. The van der Waals surface area contributed by atoms with Gasteiger partial charge in [0.05, 0.1) is 18.7 Å². The van der Waals surface area contributed by atoms with Crippen LogP contribution in [0.15, 0.2) is 60.9 Å². The second kappa shape index (κ2) is 8.63. The van der Waals surface area contributed by atoms with E-state index in [1.165, 1.54) is 0 Å². The van der Waals surface area contributed by atoms with Crippen LogP contribution in [0, 0.1) is 12.8 Å². The predicted molar refractivity (Wildman–Crippen MR) is 118 cm³/mol. The van der Waals surface area contributed by atoms with E-state index < -0.39 is 12.0 Å². The molecule has 0 aliphatic carbocycles. The molecule has 0 radical (unpaired) electrons. The monoisotopic (exact) mass is 418 g/mol. The summed E-state index contributed by atoms with van der Waals surface area (Å²) >= 11 is 0. The van der Waals surface area contributed by atoms with Gasteiger partial charge >= 0.3 is 0 Å². The number of rotatable bonds is 6. The van der Waals surface area contributed by atoms with Gasteiger partial charge < -0.3 is 19.5 Å². The van der Waals surface area contributed by atoms with Crippen molar-refractivity contribution >= 4 is 17.5 Å². The van der Waals surface area contributed by atoms with Crippen molar-refractivity contribution in [2.45, 2.75) is 19.4 Å². The summed E-state index contributed by atoms with van der Waals surface area (Å²) in [5.74, 6) is 0.650. The van der Waals surface area contributed by atoms with Gasteiger partial charge in [-0.3, -0.25) is 9.59 Å². The first-order valence-corrected chi connectivity index (χ1v) is 10.3. The van der Waals surface area contributed by atoms with E-state index in [0.29, 0.717) is 18.0 Å². The number of nitrogens with zero attached hydrogens (tertiary/aromatic N) is 3. The second-order valence-electron chi connectivity index (χ2n) is 7.83. The maximum absolute atomic E-state index is 13.2. The molecule has 0 saturated carbocycles. The van der Waals surface area contributed by atoms with Gasteiger partial charge in [-0.15, -0.1) is 0 Å². The SMILES string of the molecule is COc1ccc(C)cc1N1CC(C(=O)NC(c2ccccc2)c2nccn2C)CC1=O. The number of aromatic nitrogens is 2. The highest BCUT2D eigenvalue weighted by atomic mass is 16.5. The summed E-state index contributed by atoms with van der Waals surface area (Å²) in [6, 6.07) is 15.0. The molecule has 0 spiro atoms. The van der Waals surface area contributed by atoms with Gasteiger partial charge in [-0.25, -0.2) is 4.98 Å². The molecule has 1 N–H and O–H groups in total. The number of carbonyl (C=O) groups excluding carboxylic acids is 2. The van der Waals surface area contributed by atoms with Gasteiger partial charge in [-0.2, -0.15) is 0 Å². The van der Waals surface area contributed by atoms with Crippen molar-refractivity contribution in [3.8, 4) is 5.75 Å². The lowest BCUT2D eigenvalue weighted by Crippen LogP contribution is -2.37. The highest BCUT2D eigenvalue weighted by Crippen LogP contribution is 2.34. The maximum Gasteiger partial charge on any atom is 0.227 e. The molecule has 3 aromatic rings. The van der Waals surface area contributed by atoms with Gasteiger partial charge in [0.1, 0.15) is 17.6 Å². The van der Waals surface area contributed by atoms with Crippen LogP contribution in [0.2, 0.25) is 0 Å². The first-order chi connectivity index (χ1) is 15.0. The topological polar surface area (TPSA) is 76.5 Å². The molecule has 1 aliphatic rings. The fourth-order valence-electron chi connectivity index (χ4n) is 3.98. The molecule has 2 heterocycles. The zero-order valence-corrected chi connectivity index (χ0v) is 17.9. The normalized spacial score (nSPS) is 16.9. The number of ether oxygens (including phenoxy) is 1. The van der Waals surface area contributed by atoms with E-state index in [-0.39, 0.29) is 18.2 Å². The quantitative estimate of drug-likeness (QED) is 0.668. The van der Waals surface area contributed by atoms with Crippen LogP contribution in [0.3, 0.4) is 0 Å². The van der Waals surface area contributed by atoms with Crippen LogP contribution in [-0.2, 0) is 16.6 Å². The third-order valence-electron chi connectivity index (χ3n) is 5.66. The lowest BCUT2D eigenvalue weighted by atomic mass is 10.0. The Morgan fingerprint density at radius 2 is 2.00 bits per heavy atom. The molecule has 1 fully saturated rings. The lowest BCUT2D eigenvalue weighted by molar-refractivity contribution is -0.126. The zero-order valence-electron chi connectivity index (χ0n) is 17.9. The first kappa shape index (κ1) is 20.7. The van der Waals surface area contributed by atoms with E-state index in [9.17, 15) is 9.59 Å². The van der Waals surface area contributed by atoms with Crippen LogP contribution in [0.4, 0.5) is 5.69 Å². The number of aryl methyl sites for hydroxylation is 2. The molecule has 2 aromatic carbocycles. The number of methoxy groups -OCH3 is 1. The van der Waals surface area contributed by atoms with Crippen molar-refractivity contribution in [3.05, 3.63) is 77.9 Å². The van der Waals surface area contributed by atoms with Crippen LogP contribution >= 0.6 is 0 Å². The summed E-state index contributed by atoms with van der Waals surface area (Å²) in [4.78, 5) is 32.1. The molecule has 0 bridgehead atoms. The van der Waals surface area contributed by atoms with Crippen molar-refractivity contribution in [3.63, 3.8) is 0 Å². The Kier molecular flexibility index (Phi) is 5.75. The highest BCUT2D eigenvalue weighted by Gasteiger charge is 2.37. The van der Waals surface area contributed by atoms with Crippen molar-refractivity contribution < 1.29 is 14.3 Å². The minimum atomic E-state index is -0.454. The van der Waals surface area contributed by atoms with Crippen LogP contribution in [-0.4, -0.2) is 35.0 Å². The van der Waals surface area contributed by atoms with Crippen LogP contribution < -0.4 is 15.0 Å². The average molecular weight is 418 g/mol. The molecule has 2 atom stereocenters. The standard InChI is InChI=1S/C24H26N4O3/c1-16-9-10-20(31-3)19(13-16)28-15-18(14-21(28)29)24(30)26-22(17-7-5-4-6-8-17)23-25-11-12-27(23)2/h4-13,18,22H,14-15H2,1-3H3,(H,26,30). The number of hydrogen-bond acceptors (Lipinski definition) is 4. The van der Waals surface area contributed by atoms with Gasteiger partial charge in [-0.05, 0) is 30.2 Å². The largest absolute Gasteiger partial charge is 0.495 e. The van der Waals surface area contributed by atoms with E-state index in [4.69, 9.17) is 4.74 Å². The van der Waals surface area contributed by atoms with E-state index in [1.807, 2.05) is 73.3 Å². The number of imidazole rings is 1. The van der Waals surface area contributed by atoms with Crippen LogP contribution in [0.5, 0.6) is 5.75 Å². The fraction of sp³-hybridized carbons (Fsp3) is 0.292. The number of benzene rings is 2. The number of nitrogens with one attached hydrogen (secondary N) is 1. The highest BCUT2D eigenvalue weighted by molar-refractivity contribution is 6.01. The van der Waals surface area contributed by atoms with Crippen LogP contribution in [0.25, 0.3) is 0 Å². The molecule has 1 aromatic heterocycles. The van der Waals surface area contributed by atoms with Crippen molar-refractivity contribution in [1.29, 1.82) is 0 Å². The van der Waals surface area contributed by atoms with Gasteiger partial charge in [0.2, 0.25) is 11.8 Å². The summed E-state index contributed by atoms with van der Waals surface area (Å²) in [5.41, 5.74) is 2.66. The first-order valence-electron chi connectivity index (χ1n) is 10.3. The molecule has 160 valence electrons. The number of hydrogen-bond donors (Lipinski definition) is 1. The van der Waals surface area contributed by atoms with E-state index in [0.717, 1.165) is 17.0 Å². The van der Waals surface area contributed by atoms with Gasteiger partial charge in [0.15, 0.2) is 0 Å². The van der Waals surface area contributed by atoms with Gasteiger partial charge in [0, 0.05) is 32.4 Å². The Bertz CT molecular complexity index is 1090. The molecule has 2 unspecified atom stereocenters. The molecule has 4 rings (SSSR count). The molecular weight excluding hydrogens is 392 g/mol. The predicted octanol–water partition coefficient (Wildman–Crippen LogP) is 3.00. The smallest absolute Gasteiger partial charge is 0.227 e. The molecular formula is C24H26N4O3. The zero-order chi connectivity index (χ0) is 22.0. The minimum Gasteiger partial charge on any atom is -0.495 e. The summed E-state index contributed by atoms with van der Waals surface area (Å²) in [7, 11) is 3.48. The Balaban J connectivity index is 1.56. The Labute approximate surface area is 181 Å². The molecule has 31 heavy (non-hydrogen) atoms. The Morgan fingerprint density at radius 1 is 1.23 bits per heavy atom. The number of amides is 2. The summed E-state index contributed by atoms with van der Waals surface area (Å²) in [5, 5.41) is 3.12. The molecule has 1 aliphatic heterocycles. The Morgan fingerprint density at radius 3 is 2.68 bits per heavy atom. The Hall–Kier alpha value is -3.61. The molecule has 1 saturated heterocycles. The third kappa shape index (κ3) is 4.17. The molecule has 7 nitrogen and oxygen atoms in total.